The summed E-state index contributed by atoms with van der Waals surface area (Å²) in [5.74, 6) is 0. The molecule has 1 saturated heterocycles. The van der Waals surface area contributed by atoms with Crippen LogP contribution in [0.25, 0.3) is 5.57 Å². The molecule has 2 bridgehead atoms. The fourth-order valence-electron chi connectivity index (χ4n) is 3.30. The van der Waals surface area contributed by atoms with Crippen molar-refractivity contribution in [1.29, 1.82) is 0 Å². The summed E-state index contributed by atoms with van der Waals surface area (Å²) in [6.07, 6.45) is 7.32. The Labute approximate surface area is 127 Å². The molecule has 0 aromatic heterocycles. The predicted molar refractivity (Wildman–Crippen MR) is 85.2 cm³/mol. The molecule has 0 radical (unpaired) electrons. The van der Waals surface area contributed by atoms with E-state index in [9.17, 15) is 0 Å². The quantitative estimate of drug-likeness (QED) is 0.773. The molecule has 0 spiro atoms. The molecule has 3 heteroatoms. The van der Waals surface area contributed by atoms with Crippen molar-refractivity contribution in [3.8, 4) is 0 Å². The van der Waals surface area contributed by atoms with Gasteiger partial charge in [0, 0.05) is 17.1 Å². The van der Waals surface area contributed by atoms with Gasteiger partial charge in [-0.2, -0.15) is 0 Å². The monoisotopic (exact) mass is 297 g/mol. The van der Waals surface area contributed by atoms with Gasteiger partial charge in [-0.3, -0.25) is 4.90 Å². The van der Waals surface area contributed by atoms with E-state index in [1.54, 1.807) is 0 Å². The Kier molecular flexibility index (Phi) is 4.60. The van der Waals surface area contributed by atoms with Gasteiger partial charge in [-0.1, -0.05) is 36.7 Å². The molecule has 2 aliphatic rings. The summed E-state index contributed by atoms with van der Waals surface area (Å²) in [4.78, 5) is 2.53. The van der Waals surface area contributed by atoms with Gasteiger partial charge in [0.15, 0.2) is 0 Å². The Morgan fingerprint density at radius 3 is 2.79 bits per heavy atom. The third kappa shape index (κ3) is 2.69. The van der Waals surface area contributed by atoms with Crippen molar-refractivity contribution in [1.82, 2.24) is 4.90 Å². The zero-order chi connectivity index (χ0) is 12.7. The van der Waals surface area contributed by atoms with E-state index in [0.717, 1.165) is 17.5 Å². The molecule has 2 aliphatic heterocycles. The zero-order valence-corrected chi connectivity index (χ0v) is 13.1. The first kappa shape index (κ1) is 14.9. The van der Waals surface area contributed by atoms with Crippen LogP contribution in [0.2, 0.25) is 5.02 Å². The van der Waals surface area contributed by atoms with Crippen LogP contribution in [-0.4, -0.2) is 24.0 Å². The highest BCUT2D eigenvalue weighted by Gasteiger charge is 2.33. The van der Waals surface area contributed by atoms with Crippen LogP contribution < -0.4 is 0 Å². The number of hydrogen-bond donors (Lipinski definition) is 0. The summed E-state index contributed by atoms with van der Waals surface area (Å²) >= 11 is 6.20. The first-order valence-electron chi connectivity index (χ1n) is 6.90. The molecule has 1 fully saturated rings. The number of rotatable bonds is 2. The number of aryl methyl sites for hydroxylation is 1. The first-order chi connectivity index (χ1) is 8.69. The fraction of sp³-hybridized carbons (Fsp3) is 0.500. The topological polar surface area (TPSA) is 3.24 Å². The van der Waals surface area contributed by atoms with Gasteiger partial charge >= 0.3 is 0 Å². The Bertz CT molecular complexity index is 496. The minimum absolute atomic E-state index is 0. The number of likely N-dealkylation sites (N-methyl/N-ethyl adjacent to an activating group) is 1. The third-order valence-electron chi connectivity index (χ3n) is 4.54. The molecule has 2 atom stereocenters. The Hall–Kier alpha value is -0.500. The molecule has 3 rings (SSSR count). The molecule has 0 N–H and O–H groups in total. The van der Waals surface area contributed by atoms with E-state index in [0.29, 0.717) is 6.04 Å². The van der Waals surface area contributed by atoms with Crippen molar-refractivity contribution in [3.05, 3.63) is 40.4 Å². The van der Waals surface area contributed by atoms with Gasteiger partial charge in [0.25, 0.3) is 0 Å². The van der Waals surface area contributed by atoms with Gasteiger partial charge in [-0.25, -0.2) is 0 Å². The minimum Gasteiger partial charge on any atom is -0.297 e. The number of hydrogen-bond acceptors (Lipinski definition) is 1. The van der Waals surface area contributed by atoms with E-state index in [2.05, 4.69) is 43.1 Å². The average Bonchev–Trinajstić information content (AvgIpc) is 2.62. The number of halogens is 2. The number of nitrogens with zero attached hydrogens (tertiary/aromatic N) is 1. The molecular weight excluding hydrogens is 277 g/mol. The van der Waals surface area contributed by atoms with Crippen LogP contribution in [0.1, 0.15) is 37.3 Å². The summed E-state index contributed by atoms with van der Waals surface area (Å²) in [5.41, 5.74) is 4.16. The maximum atomic E-state index is 6.20. The van der Waals surface area contributed by atoms with Crippen molar-refractivity contribution in [2.75, 3.05) is 7.05 Å². The van der Waals surface area contributed by atoms with Gasteiger partial charge < -0.3 is 0 Å². The third-order valence-corrected chi connectivity index (χ3v) is 4.91. The molecule has 1 nitrogen and oxygen atoms in total. The summed E-state index contributed by atoms with van der Waals surface area (Å²) in [7, 11) is 2.26. The maximum absolute atomic E-state index is 6.20. The summed E-state index contributed by atoms with van der Waals surface area (Å²) in [6, 6.07) is 7.91. The molecule has 0 saturated carbocycles. The smallest absolute Gasteiger partial charge is 0.0438 e. The summed E-state index contributed by atoms with van der Waals surface area (Å²) in [6.45, 7) is 2.16. The molecular formula is C16H21Cl2N. The maximum Gasteiger partial charge on any atom is 0.0438 e. The lowest BCUT2D eigenvalue weighted by Gasteiger charge is -2.30. The Morgan fingerprint density at radius 1 is 1.32 bits per heavy atom. The molecule has 1 aromatic rings. The minimum atomic E-state index is 0. The normalized spacial score (nSPS) is 25.9. The average molecular weight is 298 g/mol. The highest BCUT2D eigenvalue weighted by atomic mass is 35.5. The summed E-state index contributed by atoms with van der Waals surface area (Å²) in [5, 5.41) is 0.901. The SMILES string of the molecule is CCc1cc(C2=CC3CCC(C2)N3C)ccc1Cl.Cl. The lowest BCUT2D eigenvalue weighted by molar-refractivity contribution is 0.264. The van der Waals surface area contributed by atoms with E-state index >= 15 is 0 Å². The van der Waals surface area contributed by atoms with E-state index in [1.165, 1.54) is 36.0 Å². The van der Waals surface area contributed by atoms with Crippen molar-refractivity contribution >= 4 is 29.6 Å². The standard InChI is InChI=1S/C16H20ClN.ClH/c1-3-11-8-12(4-7-16(11)17)13-9-14-5-6-15(10-13)18(14)2;/h4,7-9,14-15H,3,5-6,10H2,1-2H3;1H. The number of benzene rings is 1. The van der Waals surface area contributed by atoms with Gasteiger partial charge in [0.1, 0.15) is 0 Å². The lowest BCUT2D eigenvalue weighted by Crippen LogP contribution is -2.34. The molecule has 19 heavy (non-hydrogen) atoms. The second-order valence-electron chi connectivity index (χ2n) is 5.52. The Morgan fingerprint density at radius 2 is 2.11 bits per heavy atom. The van der Waals surface area contributed by atoms with Crippen LogP contribution in [0, 0.1) is 0 Å². The predicted octanol–water partition coefficient (Wildman–Crippen LogP) is 4.57. The van der Waals surface area contributed by atoms with Crippen LogP contribution >= 0.6 is 24.0 Å². The molecule has 104 valence electrons. The lowest BCUT2D eigenvalue weighted by atomic mass is 9.93. The molecule has 2 unspecified atom stereocenters. The van der Waals surface area contributed by atoms with E-state index < -0.39 is 0 Å². The van der Waals surface area contributed by atoms with Crippen LogP contribution in [0.15, 0.2) is 24.3 Å². The van der Waals surface area contributed by atoms with Crippen LogP contribution in [0.4, 0.5) is 0 Å². The van der Waals surface area contributed by atoms with Crippen molar-refractivity contribution in [2.24, 2.45) is 0 Å². The van der Waals surface area contributed by atoms with Crippen LogP contribution in [-0.2, 0) is 6.42 Å². The highest BCUT2D eigenvalue weighted by molar-refractivity contribution is 6.31. The fourth-order valence-corrected chi connectivity index (χ4v) is 3.55. The van der Waals surface area contributed by atoms with E-state index in [4.69, 9.17) is 11.6 Å². The molecule has 2 heterocycles. The second kappa shape index (κ2) is 5.87. The summed E-state index contributed by atoms with van der Waals surface area (Å²) < 4.78 is 0. The molecule has 0 aliphatic carbocycles. The second-order valence-corrected chi connectivity index (χ2v) is 5.93. The zero-order valence-electron chi connectivity index (χ0n) is 11.5. The van der Waals surface area contributed by atoms with Crippen LogP contribution in [0.3, 0.4) is 0 Å². The van der Waals surface area contributed by atoms with E-state index in [-0.39, 0.29) is 12.4 Å². The van der Waals surface area contributed by atoms with Crippen molar-refractivity contribution in [3.63, 3.8) is 0 Å². The Balaban J connectivity index is 0.00000133. The molecule has 0 amide bonds. The van der Waals surface area contributed by atoms with Gasteiger partial charge in [-0.05, 0) is 55.5 Å². The van der Waals surface area contributed by atoms with Crippen LogP contribution in [0.5, 0.6) is 0 Å². The van der Waals surface area contributed by atoms with Gasteiger partial charge in [0.05, 0.1) is 0 Å². The molecule has 1 aromatic carbocycles. The largest absolute Gasteiger partial charge is 0.297 e. The van der Waals surface area contributed by atoms with Gasteiger partial charge in [0.2, 0.25) is 0 Å². The number of fused-ring (bicyclic) bond motifs is 2. The van der Waals surface area contributed by atoms with Crippen molar-refractivity contribution in [2.45, 2.75) is 44.7 Å². The first-order valence-corrected chi connectivity index (χ1v) is 7.28. The van der Waals surface area contributed by atoms with Gasteiger partial charge in [-0.15, -0.1) is 12.4 Å². The van der Waals surface area contributed by atoms with E-state index in [1.807, 2.05) is 0 Å². The highest BCUT2D eigenvalue weighted by Crippen LogP contribution is 2.38. The van der Waals surface area contributed by atoms with Crippen molar-refractivity contribution < 1.29 is 0 Å².